The molecule has 3 aromatic rings. The van der Waals surface area contributed by atoms with Crippen LogP contribution in [0.15, 0.2) is 88.7 Å². The fourth-order valence-electron chi connectivity index (χ4n) is 4.38. The Morgan fingerprint density at radius 1 is 0.886 bits per heavy atom. The molecule has 0 aliphatic carbocycles. The van der Waals surface area contributed by atoms with Crippen molar-refractivity contribution in [3.63, 3.8) is 0 Å². The summed E-state index contributed by atoms with van der Waals surface area (Å²) >= 11 is 1.31. The molecule has 0 unspecified atom stereocenters. The molecule has 178 valence electrons. The Hall–Kier alpha value is -3.42. The summed E-state index contributed by atoms with van der Waals surface area (Å²) in [6.45, 7) is 3.66. The van der Waals surface area contributed by atoms with E-state index in [0.29, 0.717) is 29.2 Å². The lowest BCUT2D eigenvalue weighted by atomic mass is 10.2. The first kappa shape index (κ1) is 23.3. The smallest absolute Gasteiger partial charge is 0.265 e. The molecule has 0 bridgehead atoms. The maximum atomic E-state index is 14.2. The normalized spacial score (nSPS) is 17.5. The van der Waals surface area contributed by atoms with Gasteiger partial charge in [-0.15, -0.1) is 0 Å². The van der Waals surface area contributed by atoms with Crippen LogP contribution in [-0.2, 0) is 16.1 Å². The van der Waals surface area contributed by atoms with Crippen molar-refractivity contribution in [1.29, 1.82) is 0 Å². The molecule has 2 aliphatic heterocycles. The van der Waals surface area contributed by atoms with Gasteiger partial charge in [-0.2, -0.15) is 0 Å². The Balaban J connectivity index is 1.29. The van der Waals surface area contributed by atoms with E-state index in [2.05, 4.69) is 17.0 Å². The molecule has 0 radical (unpaired) electrons. The highest BCUT2D eigenvalue weighted by molar-refractivity contribution is 8.04. The number of carbonyl (C=O) groups is 2. The van der Waals surface area contributed by atoms with Crippen LogP contribution in [0.25, 0.3) is 6.08 Å². The number of thioether (sulfide) groups is 1. The molecule has 1 fully saturated rings. The van der Waals surface area contributed by atoms with E-state index in [1.165, 1.54) is 28.3 Å². The third kappa shape index (κ3) is 5.31. The van der Waals surface area contributed by atoms with Gasteiger partial charge in [0.15, 0.2) is 0 Å². The number of hydrogen-bond acceptors (Lipinski definition) is 4. The van der Waals surface area contributed by atoms with Gasteiger partial charge in [0.05, 0.1) is 10.6 Å². The molecule has 2 amide bonds. The van der Waals surface area contributed by atoms with Crippen LogP contribution in [0.2, 0.25) is 0 Å². The number of rotatable bonds is 5. The number of fused-ring (bicyclic) bond motifs is 1. The average Bonchev–Trinajstić information content (AvgIpc) is 2.89. The van der Waals surface area contributed by atoms with Crippen molar-refractivity contribution in [2.75, 3.05) is 37.6 Å². The second kappa shape index (κ2) is 10.5. The van der Waals surface area contributed by atoms with E-state index < -0.39 is 0 Å². The van der Waals surface area contributed by atoms with Gasteiger partial charge in [0, 0.05) is 43.2 Å². The van der Waals surface area contributed by atoms with E-state index in [0.717, 1.165) is 24.5 Å². The molecule has 1 saturated heterocycles. The second-order valence-corrected chi connectivity index (χ2v) is 9.72. The van der Waals surface area contributed by atoms with Gasteiger partial charge < -0.3 is 4.90 Å². The fraction of sp³-hybridized carbons (Fsp3) is 0.214. The molecule has 35 heavy (non-hydrogen) atoms. The molecule has 2 heterocycles. The van der Waals surface area contributed by atoms with E-state index in [-0.39, 0.29) is 24.2 Å². The van der Waals surface area contributed by atoms with Crippen molar-refractivity contribution in [2.24, 2.45) is 0 Å². The molecular weight excluding hydrogens is 461 g/mol. The largest absolute Gasteiger partial charge is 0.339 e. The van der Waals surface area contributed by atoms with Crippen LogP contribution in [0.3, 0.4) is 0 Å². The van der Waals surface area contributed by atoms with Gasteiger partial charge in [-0.1, -0.05) is 72.4 Å². The zero-order valence-electron chi connectivity index (χ0n) is 19.3. The summed E-state index contributed by atoms with van der Waals surface area (Å²) in [5.41, 5.74) is 2.32. The number of benzene rings is 3. The number of para-hydroxylation sites is 1. The van der Waals surface area contributed by atoms with Gasteiger partial charge in [0.1, 0.15) is 12.4 Å². The lowest BCUT2D eigenvalue weighted by Crippen LogP contribution is -2.52. The zero-order chi connectivity index (χ0) is 24.2. The third-order valence-corrected chi connectivity index (χ3v) is 7.37. The summed E-state index contributed by atoms with van der Waals surface area (Å²) in [7, 11) is 0. The maximum Gasteiger partial charge on any atom is 0.265 e. The SMILES string of the molecule is O=C(CN1C(=O)C(=Cc2ccccc2F)Sc2ccccc21)N1CCN(Cc2ccccc2)CC1. The highest BCUT2D eigenvalue weighted by Crippen LogP contribution is 2.42. The van der Waals surface area contributed by atoms with Gasteiger partial charge in [-0.25, -0.2) is 4.39 Å². The lowest BCUT2D eigenvalue weighted by Gasteiger charge is -2.37. The van der Waals surface area contributed by atoms with Crippen LogP contribution in [0.4, 0.5) is 10.1 Å². The van der Waals surface area contributed by atoms with Crippen LogP contribution >= 0.6 is 11.8 Å². The first-order chi connectivity index (χ1) is 17.1. The number of hydrogen-bond donors (Lipinski definition) is 0. The second-order valence-electron chi connectivity index (χ2n) is 8.63. The van der Waals surface area contributed by atoms with Crippen LogP contribution in [-0.4, -0.2) is 54.3 Å². The topological polar surface area (TPSA) is 43.9 Å². The highest BCUT2D eigenvalue weighted by atomic mass is 32.2. The van der Waals surface area contributed by atoms with E-state index in [4.69, 9.17) is 0 Å². The number of anilines is 1. The predicted molar refractivity (Wildman–Crippen MR) is 137 cm³/mol. The van der Waals surface area contributed by atoms with Crippen LogP contribution in [0.5, 0.6) is 0 Å². The summed E-state index contributed by atoms with van der Waals surface area (Å²) in [6, 6.07) is 24.2. The van der Waals surface area contributed by atoms with Crippen molar-refractivity contribution in [2.45, 2.75) is 11.4 Å². The molecule has 0 N–H and O–H groups in total. The summed E-state index contributed by atoms with van der Waals surface area (Å²) in [5, 5.41) is 0. The predicted octanol–water partition coefficient (Wildman–Crippen LogP) is 4.65. The summed E-state index contributed by atoms with van der Waals surface area (Å²) in [5.74, 6) is -0.749. The maximum absolute atomic E-state index is 14.2. The summed E-state index contributed by atoms with van der Waals surface area (Å²) in [6.07, 6.45) is 1.57. The Morgan fingerprint density at radius 2 is 1.57 bits per heavy atom. The van der Waals surface area contributed by atoms with E-state index in [1.807, 2.05) is 47.4 Å². The molecule has 5 nitrogen and oxygen atoms in total. The number of halogens is 1. The van der Waals surface area contributed by atoms with Crippen LogP contribution in [0.1, 0.15) is 11.1 Å². The minimum Gasteiger partial charge on any atom is -0.339 e. The highest BCUT2D eigenvalue weighted by Gasteiger charge is 2.32. The quantitative estimate of drug-likeness (QED) is 0.492. The standard InChI is InChI=1S/C28H26FN3O2S/c29-23-11-5-4-10-22(23)18-26-28(34)32(24-12-6-7-13-25(24)35-26)20-27(33)31-16-14-30(15-17-31)19-21-8-2-1-3-9-21/h1-13,18H,14-17,19-20H2. The lowest BCUT2D eigenvalue weighted by molar-refractivity contribution is -0.132. The van der Waals surface area contributed by atoms with Gasteiger partial charge in [0.2, 0.25) is 5.91 Å². The third-order valence-electron chi connectivity index (χ3n) is 6.29. The Bertz CT molecular complexity index is 1260. The molecule has 0 spiro atoms. The fourth-order valence-corrected chi connectivity index (χ4v) is 5.43. The average molecular weight is 488 g/mol. The number of piperazine rings is 1. The Morgan fingerprint density at radius 3 is 2.34 bits per heavy atom. The van der Waals surface area contributed by atoms with Crippen molar-refractivity contribution in [1.82, 2.24) is 9.80 Å². The van der Waals surface area contributed by atoms with E-state index in [1.54, 1.807) is 24.3 Å². The first-order valence-corrected chi connectivity index (χ1v) is 12.5. The monoisotopic (exact) mass is 487 g/mol. The molecule has 3 aromatic carbocycles. The Labute approximate surface area is 208 Å². The summed E-state index contributed by atoms with van der Waals surface area (Å²) < 4.78 is 14.2. The number of carbonyl (C=O) groups excluding carboxylic acids is 2. The van der Waals surface area contributed by atoms with Crippen molar-refractivity contribution in [3.05, 3.63) is 101 Å². The molecular formula is C28H26FN3O2S. The molecule has 7 heteroatoms. The van der Waals surface area contributed by atoms with Crippen LogP contribution in [0, 0.1) is 5.82 Å². The van der Waals surface area contributed by atoms with Gasteiger partial charge >= 0.3 is 0 Å². The van der Waals surface area contributed by atoms with Crippen LogP contribution < -0.4 is 4.90 Å². The van der Waals surface area contributed by atoms with Gasteiger partial charge in [-0.3, -0.25) is 19.4 Å². The van der Waals surface area contributed by atoms with Crippen molar-refractivity contribution >= 4 is 35.3 Å². The minimum atomic E-state index is -0.386. The minimum absolute atomic E-state index is 0.0380. The summed E-state index contributed by atoms with van der Waals surface area (Å²) in [4.78, 5) is 33.6. The number of nitrogens with zero attached hydrogens (tertiary/aromatic N) is 3. The van der Waals surface area contributed by atoms with Crippen molar-refractivity contribution in [3.8, 4) is 0 Å². The molecule has 0 aromatic heterocycles. The van der Waals surface area contributed by atoms with Gasteiger partial charge in [-0.05, 0) is 29.8 Å². The molecule has 5 rings (SSSR count). The zero-order valence-corrected chi connectivity index (χ0v) is 20.1. The van der Waals surface area contributed by atoms with E-state index >= 15 is 0 Å². The number of amides is 2. The van der Waals surface area contributed by atoms with Crippen molar-refractivity contribution < 1.29 is 14.0 Å². The van der Waals surface area contributed by atoms with Gasteiger partial charge in [0.25, 0.3) is 5.91 Å². The van der Waals surface area contributed by atoms with E-state index in [9.17, 15) is 14.0 Å². The Kier molecular flexibility index (Phi) is 6.97. The molecule has 2 aliphatic rings. The first-order valence-electron chi connectivity index (χ1n) is 11.7. The molecule has 0 atom stereocenters. The molecule has 0 saturated carbocycles.